The van der Waals surface area contributed by atoms with Gasteiger partial charge >= 0.3 is 0 Å². The fourth-order valence-corrected chi connectivity index (χ4v) is 2.02. The first-order valence-electron chi connectivity index (χ1n) is 6.52. The van der Waals surface area contributed by atoms with Crippen LogP contribution in [0.15, 0.2) is 18.2 Å². The molecule has 0 saturated carbocycles. The summed E-state index contributed by atoms with van der Waals surface area (Å²) in [6.07, 6.45) is 1.27. The van der Waals surface area contributed by atoms with E-state index in [0.717, 1.165) is 44.1 Å². The summed E-state index contributed by atoms with van der Waals surface area (Å²) >= 11 is 0. The molecule has 1 unspecified atom stereocenters. The Hall–Kier alpha value is -1.26. The molecule has 1 aromatic rings. The average molecular weight is 250 g/mol. The van der Waals surface area contributed by atoms with Gasteiger partial charge in [-0.2, -0.15) is 0 Å². The van der Waals surface area contributed by atoms with Gasteiger partial charge in [0.25, 0.3) is 0 Å². The van der Waals surface area contributed by atoms with Crippen LogP contribution in [0.5, 0.6) is 5.75 Å². The third kappa shape index (κ3) is 3.62. The zero-order valence-corrected chi connectivity index (χ0v) is 11.2. The Kier molecular flexibility index (Phi) is 4.84. The second kappa shape index (κ2) is 6.61. The second-order valence-electron chi connectivity index (χ2n) is 4.63. The van der Waals surface area contributed by atoms with Gasteiger partial charge in [0.1, 0.15) is 11.9 Å². The summed E-state index contributed by atoms with van der Waals surface area (Å²) in [6.45, 7) is 5.59. The van der Waals surface area contributed by atoms with E-state index in [1.54, 1.807) is 7.11 Å². The van der Waals surface area contributed by atoms with Gasteiger partial charge in [-0.25, -0.2) is 0 Å². The van der Waals surface area contributed by atoms with Crippen LogP contribution in [0.4, 0.5) is 5.69 Å². The van der Waals surface area contributed by atoms with E-state index in [-0.39, 0.29) is 6.10 Å². The molecule has 0 radical (unpaired) electrons. The van der Waals surface area contributed by atoms with Crippen molar-refractivity contribution in [1.82, 2.24) is 5.32 Å². The molecule has 4 heteroatoms. The van der Waals surface area contributed by atoms with Gasteiger partial charge in [-0.05, 0) is 37.6 Å². The molecular weight excluding hydrogens is 228 g/mol. The highest BCUT2D eigenvalue weighted by atomic mass is 16.5. The van der Waals surface area contributed by atoms with Crippen molar-refractivity contribution in [2.45, 2.75) is 19.4 Å². The molecule has 0 aliphatic carbocycles. The molecule has 18 heavy (non-hydrogen) atoms. The number of nitrogens with one attached hydrogen (secondary N) is 2. The zero-order chi connectivity index (χ0) is 12.8. The molecule has 0 spiro atoms. The van der Waals surface area contributed by atoms with Gasteiger partial charge in [0.2, 0.25) is 0 Å². The number of anilines is 1. The largest absolute Gasteiger partial charge is 0.487 e. The van der Waals surface area contributed by atoms with Gasteiger partial charge in [0.05, 0.1) is 18.8 Å². The monoisotopic (exact) mass is 250 g/mol. The second-order valence-corrected chi connectivity index (χ2v) is 4.63. The standard InChI is InChI=1S/C14H22N2O2/c1-11-10-16-13-9-12(3-4-14(13)18-11)5-6-15-7-8-17-2/h3-4,9,11,15-16H,5-8,10H2,1-2H3. The summed E-state index contributed by atoms with van der Waals surface area (Å²) in [7, 11) is 1.72. The highest BCUT2D eigenvalue weighted by Crippen LogP contribution is 2.29. The van der Waals surface area contributed by atoms with Crippen molar-refractivity contribution in [1.29, 1.82) is 0 Å². The molecule has 4 nitrogen and oxygen atoms in total. The van der Waals surface area contributed by atoms with Crippen molar-refractivity contribution in [2.75, 3.05) is 38.7 Å². The van der Waals surface area contributed by atoms with Gasteiger partial charge in [-0.15, -0.1) is 0 Å². The molecule has 1 aromatic carbocycles. The Labute approximate surface area is 109 Å². The smallest absolute Gasteiger partial charge is 0.142 e. The fourth-order valence-electron chi connectivity index (χ4n) is 2.02. The molecule has 1 atom stereocenters. The third-order valence-corrected chi connectivity index (χ3v) is 3.03. The van der Waals surface area contributed by atoms with Gasteiger partial charge in [-0.1, -0.05) is 6.07 Å². The maximum absolute atomic E-state index is 5.75. The van der Waals surface area contributed by atoms with Gasteiger partial charge in [-0.3, -0.25) is 0 Å². The predicted octanol–water partition coefficient (Wildman–Crippen LogP) is 1.66. The topological polar surface area (TPSA) is 42.5 Å². The molecule has 0 fully saturated rings. The number of hydrogen-bond donors (Lipinski definition) is 2. The molecule has 1 aliphatic rings. The molecule has 0 aromatic heterocycles. The highest BCUT2D eigenvalue weighted by Gasteiger charge is 2.14. The number of benzene rings is 1. The molecule has 2 N–H and O–H groups in total. The van der Waals surface area contributed by atoms with Crippen LogP contribution in [0.3, 0.4) is 0 Å². The van der Waals surface area contributed by atoms with Crippen molar-refractivity contribution in [3.63, 3.8) is 0 Å². The number of ether oxygens (including phenoxy) is 2. The van der Waals surface area contributed by atoms with Crippen molar-refractivity contribution < 1.29 is 9.47 Å². The molecule has 1 heterocycles. The summed E-state index contributed by atoms with van der Waals surface area (Å²) in [5.41, 5.74) is 2.44. The maximum Gasteiger partial charge on any atom is 0.142 e. The van der Waals surface area contributed by atoms with E-state index in [9.17, 15) is 0 Å². The van der Waals surface area contributed by atoms with Crippen LogP contribution in [-0.4, -0.2) is 39.5 Å². The van der Waals surface area contributed by atoms with E-state index in [2.05, 4.69) is 35.8 Å². The predicted molar refractivity (Wildman–Crippen MR) is 73.5 cm³/mol. The Morgan fingerprint density at radius 2 is 2.33 bits per heavy atom. The minimum Gasteiger partial charge on any atom is -0.487 e. The summed E-state index contributed by atoms with van der Waals surface area (Å²) in [5, 5.41) is 6.74. The Morgan fingerprint density at radius 3 is 3.17 bits per heavy atom. The molecule has 0 saturated heterocycles. The molecule has 100 valence electrons. The average Bonchev–Trinajstić information content (AvgIpc) is 2.38. The first-order valence-corrected chi connectivity index (χ1v) is 6.52. The first kappa shape index (κ1) is 13.2. The summed E-state index contributed by atoms with van der Waals surface area (Å²) in [6, 6.07) is 6.37. The maximum atomic E-state index is 5.75. The number of rotatable bonds is 6. The Morgan fingerprint density at radius 1 is 1.44 bits per heavy atom. The number of fused-ring (bicyclic) bond motifs is 1. The first-order chi connectivity index (χ1) is 8.79. The van der Waals surface area contributed by atoms with Crippen molar-refractivity contribution >= 4 is 5.69 Å². The Bertz CT molecular complexity index is 382. The minimum absolute atomic E-state index is 0.249. The lowest BCUT2D eigenvalue weighted by atomic mass is 10.1. The highest BCUT2D eigenvalue weighted by molar-refractivity contribution is 5.59. The van der Waals surface area contributed by atoms with E-state index < -0.39 is 0 Å². The number of methoxy groups -OCH3 is 1. The van der Waals surface area contributed by atoms with E-state index in [1.807, 2.05) is 0 Å². The lowest BCUT2D eigenvalue weighted by Crippen LogP contribution is -2.27. The normalized spacial score (nSPS) is 17.8. The van der Waals surface area contributed by atoms with Crippen molar-refractivity contribution in [2.24, 2.45) is 0 Å². The van der Waals surface area contributed by atoms with Crippen LogP contribution in [0.25, 0.3) is 0 Å². The van der Waals surface area contributed by atoms with E-state index in [1.165, 1.54) is 5.56 Å². The lowest BCUT2D eigenvalue weighted by molar-refractivity contribution is 0.199. The Balaban J connectivity index is 1.83. The molecule has 0 amide bonds. The van der Waals surface area contributed by atoms with E-state index in [4.69, 9.17) is 9.47 Å². The lowest BCUT2D eigenvalue weighted by Gasteiger charge is -2.25. The van der Waals surface area contributed by atoms with Crippen LogP contribution >= 0.6 is 0 Å². The van der Waals surface area contributed by atoms with E-state index in [0.29, 0.717) is 0 Å². The van der Waals surface area contributed by atoms with Crippen LogP contribution in [-0.2, 0) is 11.2 Å². The molecule has 0 bridgehead atoms. The van der Waals surface area contributed by atoms with Crippen LogP contribution in [0, 0.1) is 0 Å². The van der Waals surface area contributed by atoms with Crippen LogP contribution < -0.4 is 15.4 Å². The summed E-state index contributed by atoms with van der Waals surface area (Å²) < 4.78 is 10.7. The van der Waals surface area contributed by atoms with Gasteiger partial charge < -0.3 is 20.1 Å². The molecule has 2 rings (SSSR count). The molecule has 1 aliphatic heterocycles. The van der Waals surface area contributed by atoms with Gasteiger partial charge in [0, 0.05) is 13.7 Å². The fraction of sp³-hybridized carbons (Fsp3) is 0.571. The number of hydrogen-bond acceptors (Lipinski definition) is 4. The summed E-state index contributed by atoms with van der Waals surface area (Å²) in [5.74, 6) is 0.963. The summed E-state index contributed by atoms with van der Waals surface area (Å²) in [4.78, 5) is 0. The van der Waals surface area contributed by atoms with Crippen molar-refractivity contribution in [3.8, 4) is 5.75 Å². The third-order valence-electron chi connectivity index (χ3n) is 3.03. The molecular formula is C14H22N2O2. The SMILES string of the molecule is COCCNCCc1ccc2c(c1)NCC(C)O2. The quantitative estimate of drug-likeness (QED) is 0.754. The van der Waals surface area contributed by atoms with Crippen LogP contribution in [0.2, 0.25) is 0 Å². The van der Waals surface area contributed by atoms with Gasteiger partial charge in [0.15, 0.2) is 0 Å². The van der Waals surface area contributed by atoms with Crippen molar-refractivity contribution in [3.05, 3.63) is 23.8 Å². The zero-order valence-electron chi connectivity index (χ0n) is 11.2. The minimum atomic E-state index is 0.249. The van der Waals surface area contributed by atoms with Crippen LogP contribution in [0.1, 0.15) is 12.5 Å². The van der Waals surface area contributed by atoms with E-state index >= 15 is 0 Å².